The van der Waals surface area contributed by atoms with Crippen LogP contribution in [0.4, 0.5) is 0 Å². The zero-order valence-corrected chi connectivity index (χ0v) is 13.9. The van der Waals surface area contributed by atoms with Crippen molar-refractivity contribution in [2.75, 3.05) is 0 Å². The van der Waals surface area contributed by atoms with Crippen molar-refractivity contribution in [2.24, 2.45) is 0 Å². The Morgan fingerprint density at radius 1 is 0.731 bits per heavy atom. The van der Waals surface area contributed by atoms with E-state index in [0.29, 0.717) is 28.3 Å². The third-order valence-electron chi connectivity index (χ3n) is 4.90. The summed E-state index contributed by atoms with van der Waals surface area (Å²) in [6, 6.07) is 17.7. The highest BCUT2D eigenvalue weighted by Gasteiger charge is 2.28. The van der Waals surface area contributed by atoms with Gasteiger partial charge in [-0.05, 0) is 28.6 Å². The first-order valence-electron chi connectivity index (χ1n) is 8.34. The van der Waals surface area contributed by atoms with Crippen molar-refractivity contribution < 1.29 is 19.8 Å². The number of fused-ring (bicyclic) bond motifs is 2. The van der Waals surface area contributed by atoms with Gasteiger partial charge in [0.15, 0.2) is 5.78 Å². The monoisotopic (exact) mass is 344 g/mol. The van der Waals surface area contributed by atoms with Crippen LogP contribution in [0.2, 0.25) is 0 Å². The number of aromatic hydroxyl groups is 1. The van der Waals surface area contributed by atoms with Crippen LogP contribution in [0.3, 0.4) is 0 Å². The maximum absolute atomic E-state index is 13.2. The number of phenolic OH excluding ortho intramolecular Hbond substituents is 1. The van der Waals surface area contributed by atoms with Crippen molar-refractivity contribution in [3.8, 4) is 5.75 Å². The standard InChI is InChI=1S/C22H16O4/c23-20-10-9-17(15-7-3-4-8-16(15)20)21(24)18-11-13-5-1-2-6-14(13)12-19(18)22(25)26/h1-10,23H,11-12H2,(H,25,26). The quantitative estimate of drug-likeness (QED) is 0.707. The Labute approximate surface area is 150 Å². The molecule has 0 spiro atoms. The summed E-state index contributed by atoms with van der Waals surface area (Å²) >= 11 is 0. The number of carbonyl (C=O) groups excluding carboxylic acids is 1. The first-order chi connectivity index (χ1) is 12.6. The van der Waals surface area contributed by atoms with Gasteiger partial charge in [-0.3, -0.25) is 4.79 Å². The van der Waals surface area contributed by atoms with Gasteiger partial charge in [-0.25, -0.2) is 4.79 Å². The molecular formula is C22H16O4. The van der Waals surface area contributed by atoms with Crippen LogP contribution < -0.4 is 0 Å². The van der Waals surface area contributed by atoms with Crippen LogP contribution in [0.25, 0.3) is 10.8 Å². The summed E-state index contributed by atoms with van der Waals surface area (Å²) in [6.45, 7) is 0. The molecule has 0 bridgehead atoms. The number of aliphatic carboxylic acids is 1. The fourth-order valence-corrected chi connectivity index (χ4v) is 3.56. The van der Waals surface area contributed by atoms with E-state index in [-0.39, 0.29) is 23.5 Å². The number of hydrogen-bond donors (Lipinski definition) is 2. The summed E-state index contributed by atoms with van der Waals surface area (Å²) in [4.78, 5) is 25.0. The van der Waals surface area contributed by atoms with E-state index in [9.17, 15) is 19.8 Å². The molecule has 4 heteroatoms. The Bertz CT molecular complexity index is 1090. The second kappa shape index (κ2) is 6.15. The average Bonchev–Trinajstić information content (AvgIpc) is 2.67. The molecule has 1 aliphatic carbocycles. The summed E-state index contributed by atoms with van der Waals surface area (Å²) < 4.78 is 0. The van der Waals surface area contributed by atoms with Crippen molar-refractivity contribution >= 4 is 22.5 Å². The Hall–Kier alpha value is -3.40. The maximum atomic E-state index is 13.2. The lowest BCUT2D eigenvalue weighted by Crippen LogP contribution is -2.20. The van der Waals surface area contributed by atoms with Crippen LogP contribution in [0.15, 0.2) is 71.8 Å². The van der Waals surface area contributed by atoms with E-state index < -0.39 is 5.97 Å². The third-order valence-corrected chi connectivity index (χ3v) is 4.90. The topological polar surface area (TPSA) is 74.6 Å². The van der Waals surface area contributed by atoms with E-state index in [4.69, 9.17) is 0 Å². The number of benzene rings is 3. The second-order valence-electron chi connectivity index (χ2n) is 6.39. The van der Waals surface area contributed by atoms with Crippen molar-refractivity contribution in [1.82, 2.24) is 0 Å². The lowest BCUT2D eigenvalue weighted by molar-refractivity contribution is -0.132. The van der Waals surface area contributed by atoms with Crippen LogP contribution in [-0.4, -0.2) is 22.0 Å². The highest BCUT2D eigenvalue weighted by Crippen LogP contribution is 2.33. The highest BCUT2D eigenvalue weighted by atomic mass is 16.4. The third kappa shape index (κ3) is 2.56. The maximum Gasteiger partial charge on any atom is 0.332 e. The number of carboxylic acid groups (broad SMARTS) is 1. The van der Waals surface area contributed by atoms with Gasteiger partial charge in [-0.1, -0.05) is 48.5 Å². The zero-order chi connectivity index (χ0) is 18.3. The number of carboxylic acids is 1. The summed E-state index contributed by atoms with van der Waals surface area (Å²) in [5.74, 6) is -1.27. The first kappa shape index (κ1) is 16.1. The minimum absolute atomic E-state index is 0.0959. The fraction of sp³-hybridized carbons (Fsp3) is 0.0909. The molecule has 0 aliphatic heterocycles. The SMILES string of the molecule is O=C(O)C1=C(C(=O)c2ccc(O)c3ccccc23)Cc2ccccc2C1. The van der Waals surface area contributed by atoms with Gasteiger partial charge < -0.3 is 10.2 Å². The number of ketones is 1. The van der Waals surface area contributed by atoms with Gasteiger partial charge in [0.2, 0.25) is 0 Å². The molecule has 3 aromatic rings. The zero-order valence-electron chi connectivity index (χ0n) is 13.9. The van der Waals surface area contributed by atoms with Gasteiger partial charge in [0, 0.05) is 34.9 Å². The van der Waals surface area contributed by atoms with Gasteiger partial charge in [0.25, 0.3) is 0 Å². The van der Waals surface area contributed by atoms with Gasteiger partial charge in [0.05, 0.1) is 0 Å². The van der Waals surface area contributed by atoms with Crippen molar-refractivity contribution in [1.29, 1.82) is 0 Å². The Kier molecular flexibility index (Phi) is 3.81. The Balaban J connectivity index is 1.88. The van der Waals surface area contributed by atoms with Crippen LogP contribution >= 0.6 is 0 Å². The Morgan fingerprint density at radius 2 is 1.31 bits per heavy atom. The number of Topliss-reactive ketones (excluding diaryl/α,β-unsaturated/α-hetero) is 1. The first-order valence-corrected chi connectivity index (χ1v) is 8.34. The summed E-state index contributed by atoms with van der Waals surface area (Å²) in [5.41, 5.74) is 2.78. The lowest BCUT2D eigenvalue weighted by atomic mass is 9.82. The van der Waals surface area contributed by atoms with E-state index in [1.807, 2.05) is 24.3 Å². The highest BCUT2D eigenvalue weighted by molar-refractivity contribution is 6.19. The smallest absolute Gasteiger partial charge is 0.332 e. The van der Waals surface area contributed by atoms with Gasteiger partial charge in [-0.15, -0.1) is 0 Å². The van der Waals surface area contributed by atoms with E-state index in [1.54, 1.807) is 30.3 Å². The number of carbonyl (C=O) groups is 2. The molecule has 0 atom stereocenters. The van der Waals surface area contributed by atoms with Gasteiger partial charge >= 0.3 is 5.97 Å². The molecule has 0 saturated heterocycles. The normalized spacial score (nSPS) is 13.5. The van der Waals surface area contributed by atoms with Crippen LogP contribution in [-0.2, 0) is 17.6 Å². The number of phenols is 1. The molecule has 0 unspecified atom stereocenters. The molecule has 128 valence electrons. The molecule has 4 rings (SSSR count). The molecule has 0 amide bonds. The van der Waals surface area contributed by atoms with E-state index in [1.165, 1.54) is 6.07 Å². The molecule has 2 N–H and O–H groups in total. The van der Waals surface area contributed by atoms with Gasteiger partial charge in [0.1, 0.15) is 5.75 Å². The minimum Gasteiger partial charge on any atom is -0.507 e. The predicted octanol–water partition coefficient (Wildman–Crippen LogP) is 3.91. The molecule has 0 radical (unpaired) electrons. The second-order valence-corrected chi connectivity index (χ2v) is 6.39. The van der Waals surface area contributed by atoms with Crippen molar-refractivity contribution in [3.05, 3.63) is 88.5 Å². The molecule has 26 heavy (non-hydrogen) atoms. The molecular weight excluding hydrogens is 328 g/mol. The molecule has 3 aromatic carbocycles. The van der Waals surface area contributed by atoms with E-state index in [0.717, 1.165) is 11.1 Å². The van der Waals surface area contributed by atoms with Crippen molar-refractivity contribution in [3.63, 3.8) is 0 Å². The average molecular weight is 344 g/mol. The number of allylic oxidation sites excluding steroid dienone is 1. The van der Waals surface area contributed by atoms with Crippen LogP contribution in [0.5, 0.6) is 5.75 Å². The molecule has 0 aromatic heterocycles. The van der Waals surface area contributed by atoms with Crippen molar-refractivity contribution in [2.45, 2.75) is 12.8 Å². The summed E-state index contributed by atoms with van der Waals surface area (Å²) in [5, 5.41) is 20.9. The summed E-state index contributed by atoms with van der Waals surface area (Å²) in [6.07, 6.45) is 0.536. The minimum atomic E-state index is -1.06. The van der Waals surface area contributed by atoms with Crippen LogP contribution in [0, 0.1) is 0 Å². The number of rotatable bonds is 3. The van der Waals surface area contributed by atoms with Crippen LogP contribution in [0.1, 0.15) is 21.5 Å². The number of hydrogen-bond acceptors (Lipinski definition) is 3. The van der Waals surface area contributed by atoms with E-state index in [2.05, 4.69) is 0 Å². The molecule has 0 saturated carbocycles. The largest absolute Gasteiger partial charge is 0.507 e. The molecule has 1 aliphatic rings. The molecule has 0 fully saturated rings. The predicted molar refractivity (Wildman–Crippen MR) is 98.5 cm³/mol. The lowest BCUT2D eigenvalue weighted by Gasteiger charge is -2.21. The molecule has 4 nitrogen and oxygen atoms in total. The Morgan fingerprint density at radius 3 is 1.96 bits per heavy atom. The summed E-state index contributed by atoms with van der Waals surface area (Å²) in [7, 11) is 0. The van der Waals surface area contributed by atoms with E-state index >= 15 is 0 Å². The van der Waals surface area contributed by atoms with Gasteiger partial charge in [-0.2, -0.15) is 0 Å². The fourth-order valence-electron chi connectivity index (χ4n) is 3.56. The molecule has 0 heterocycles.